The van der Waals surface area contributed by atoms with E-state index in [4.69, 9.17) is 0 Å². The average Bonchev–Trinajstić information content (AvgIpc) is 2.99. The summed E-state index contributed by atoms with van der Waals surface area (Å²) < 4.78 is 3.54. The van der Waals surface area contributed by atoms with Crippen LogP contribution in [-0.4, -0.2) is 25.3 Å². The van der Waals surface area contributed by atoms with Gasteiger partial charge in [-0.2, -0.15) is 10.2 Å². The van der Waals surface area contributed by atoms with Crippen molar-refractivity contribution in [1.29, 1.82) is 0 Å². The van der Waals surface area contributed by atoms with Crippen LogP contribution in [0.5, 0.6) is 0 Å². The summed E-state index contributed by atoms with van der Waals surface area (Å²) in [6.07, 6.45) is 5.38. The van der Waals surface area contributed by atoms with Crippen molar-refractivity contribution in [3.63, 3.8) is 0 Å². The maximum absolute atomic E-state index is 12.8. The van der Waals surface area contributed by atoms with Gasteiger partial charge >= 0.3 is 0 Å². The second-order valence-corrected chi connectivity index (χ2v) is 7.41. The third-order valence-corrected chi connectivity index (χ3v) is 5.27. The van der Waals surface area contributed by atoms with Crippen LogP contribution in [0, 0.1) is 6.92 Å². The number of carbonyl (C=O) groups is 1. The molecule has 0 atom stereocenters. The molecule has 0 unspecified atom stereocenters. The lowest BCUT2D eigenvalue weighted by molar-refractivity contribution is -0.117. The van der Waals surface area contributed by atoms with Gasteiger partial charge in [-0.25, -0.2) is 9.20 Å². The Bertz CT molecular complexity index is 1070. The SMILES string of the molecule is Cc1ccc(NC(=O)Cn2ncn3nc4c(c3c2=O)CCCC4)c(Br)c1. The fraction of sp³-hybridized carbons (Fsp3) is 0.333. The van der Waals surface area contributed by atoms with E-state index in [0.717, 1.165) is 47.0 Å². The summed E-state index contributed by atoms with van der Waals surface area (Å²) in [5, 5.41) is 11.4. The number of fused-ring (bicyclic) bond motifs is 3. The lowest BCUT2D eigenvalue weighted by Gasteiger charge is -2.10. The molecular formula is C18H18BrN5O2. The number of aryl methyl sites for hydroxylation is 3. The maximum Gasteiger partial charge on any atom is 0.293 e. The van der Waals surface area contributed by atoms with Gasteiger partial charge in [0.05, 0.1) is 11.4 Å². The summed E-state index contributed by atoms with van der Waals surface area (Å²) >= 11 is 3.43. The lowest BCUT2D eigenvalue weighted by atomic mass is 9.97. The predicted molar refractivity (Wildman–Crippen MR) is 101 cm³/mol. The van der Waals surface area contributed by atoms with Crippen molar-refractivity contribution in [3.8, 4) is 0 Å². The Morgan fingerprint density at radius 1 is 1.31 bits per heavy atom. The first-order valence-corrected chi connectivity index (χ1v) is 9.34. The minimum absolute atomic E-state index is 0.143. The fourth-order valence-corrected chi connectivity index (χ4v) is 3.92. The molecule has 3 aromatic rings. The van der Waals surface area contributed by atoms with Gasteiger partial charge in [-0.05, 0) is 66.2 Å². The van der Waals surface area contributed by atoms with Gasteiger partial charge in [0.1, 0.15) is 18.4 Å². The highest BCUT2D eigenvalue weighted by atomic mass is 79.9. The average molecular weight is 416 g/mol. The van der Waals surface area contributed by atoms with E-state index in [1.165, 1.54) is 11.0 Å². The number of halogens is 1. The zero-order chi connectivity index (χ0) is 18.3. The first kappa shape index (κ1) is 17.0. The summed E-state index contributed by atoms with van der Waals surface area (Å²) in [4.78, 5) is 25.2. The number of benzene rings is 1. The van der Waals surface area contributed by atoms with Crippen molar-refractivity contribution in [2.45, 2.75) is 39.2 Å². The molecule has 0 fully saturated rings. The standard InChI is InChI=1S/C18H18BrN5O2/c1-11-6-7-15(13(19)8-11)21-16(25)9-23-18(26)17-12-4-2-3-5-14(12)22-24(17)10-20-23/h6-8,10H,2-5,9H2,1H3,(H,21,25). The zero-order valence-electron chi connectivity index (χ0n) is 14.3. The van der Waals surface area contributed by atoms with Crippen LogP contribution in [0.15, 0.2) is 33.8 Å². The molecule has 0 saturated heterocycles. The molecule has 0 spiro atoms. The van der Waals surface area contributed by atoms with Crippen molar-refractivity contribution in [2.24, 2.45) is 0 Å². The highest BCUT2D eigenvalue weighted by molar-refractivity contribution is 9.10. The predicted octanol–water partition coefficient (Wildman–Crippen LogP) is 2.48. The van der Waals surface area contributed by atoms with Gasteiger partial charge in [0.2, 0.25) is 5.91 Å². The lowest BCUT2D eigenvalue weighted by Crippen LogP contribution is -2.31. The van der Waals surface area contributed by atoms with Crippen LogP contribution in [0.25, 0.3) is 5.52 Å². The second kappa shape index (κ2) is 6.68. The van der Waals surface area contributed by atoms with E-state index in [2.05, 4.69) is 31.4 Å². The largest absolute Gasteiger partial charge is 0.323 e. The number of anilines is 1. The summed E-state index contributed by atoms with van der Waals surface area (Å²) in [5.74, 6) is -0.304. The number of hydrogen-bond donors (Lipinski definition) is 1. The van der Waals surface area contributed by atoms with Gasteiger partial charge in [0.25, 0.3) is 5.56 Å². The van der Waals surface area contributed by atoms with E-state index in [0.29, 0.717) is 11.2 Å². The number of aromatic nitrogens is 4. The van der Waals surface area contributed by atoms with Crippen molar-refractivity contribution in [1.82, 2.24) is 19.4 Å². The van der Waals surface area contributed by atoms with E-state index < -0.39 is 0 Å². The third kappa shape index (κ3) is 3.05. The molecule has 4 rings (SSSR count). The molecule has 1 aliphatic carbocycles. The van der Waals surface area contributed by atoms with Crippen LogP contribution >= 0.6 is 15.9 Å². The molecule has 1 amide bonds. The van der Waals surface area contributed by atoms with E-state index in [1.807, 2.05) is 25.1 Å². The molecule has 26 heavy (non-hydrogen) atoms. The molecule has 0 radical (unpaired) electrons. The number of carbonyl (C=O) groups excluding carboxylic acids is 1. The zero-order valence-corrected chi connectivity index (χ0v) is 15.9. The van der Waals surface area contributed by atoms with Crippen LogP contribution in [0.2, 0.25) is 0 Å². The van der Waals surface area contributed by atoms with Crippen molar-refractivity contribution >= 4 is 33.0 Å². The molecule has 8 heteroatoms. The van der Waals surface area contributed by atoms with E-state index in [1.54, 1.807) is 4.52 Å². The number of amides is 1. The molecule has 7 nitrogen and oxygen atoms in total. The van der Waals surface area contributed by atoms with E-state index in [-0.39, 0.29) is 18.0 Å². The first-order chi connectivity index (χ1) is 12.5. The molecular weight excluding hydrogens is 398 g/mol. The highest BCUT2D eigenvalue weighted by Crippen LogP contribution is 2.24. The molecule has 2 aromatic heterocycles. The Kier molecular flexibility index (Phi) is 4.36. The quantitative estimate of drug-likeness (QED) is 0.712. The topological polar surface area (TPSA) is 81.3 Å². The Hall–Kier alpha value is -2.48. The van der Waals surface area contributed by atoms with Crippen molar-refractivity contribution < 1.29 is 4.79 Å². The van der Waals surface area contributed by atoms with Crippen LogP contribution in [0.1, 0.15) is 29.7 Å². The highest BCUT2D eigenvalue weighted by Gasteiger charge is 2.20. The summed E-state index contributed by atoms with van der Waals surface area (Å²) in [7, 11) is 0. The number of hydrogen-bond acceptors (Lipinski definition) is 4. The van der Waals surface area contributed by atoms with E-state index in [9.17, 15) is 9.59 Å². The fourth-order valence-electron chi connectivity index (χ4n) is 3.33. The van der Waals surface area contributed by atoms with Gasteiger partial charge < -0.3 is 5.32 Å². The molecule has 0 saturated carbocycles. The molecule has 1 aromatic carbocycles. The Labute approximate surface area is 158 Å². The first-order valence-electron chi connectivity index (χ1n) is 8.55. The van der Waals surface area contributed by atoms with E-state index >= 15 is 0 Å². The number of nitrogens with zero attached hydrogens (tertiary/aromatic N) is 4. The molecule has 0 bridgehead atoms. The number of rotatable bonds is 3. The van der Waals surface area contributed by atoms with Crippen molar-refractivity contribution in [2.75, 3.05) is 5.32 Å². The van der Waals surface area contributed by atoms with Crippen molar-refractivity contribution in [3.05, 3.63) is 56.2 Å². The van der Waals surface area contributed by atoms with Crippen LogP contribution in [0.4, 0.5) is 5.69 Å². The van der Waals surface area contributed by atoms with Gasteiger partial charge in [-0.1, -0.05) is 6.07 Å². The van der Waals surface area contributed by atoms with Gasteiger partial charge in [-0.15, -0.1) is 0 Å². The Balaban J connectivity index is 1.61. The monoisotopic (exact) mass is 415 g/mol. The van der Waals surface area contributed by atoms with Gasteiger partial charge in [0, 0.05) is 10.0 Å². The molecule has 134 valence electrons. The van der Waals surface area contributed by atoms with Crippen LogP contribution in [0.3, 0.4) is 0 Å². The van der Waals surface area contributed by atoms with Crippen LogP contribution < -0.4 is 10.9 Å². The molecule has 1 aliphatic rings. The number of nitrogens with one attached hydrogen (secondary N) is 1. The normalized spacial score (nSPS) is 13.6. The third-order valence-electron chi connectivity index (χ3n) is 4.61. The summed E-state index contributed by atoms with van der Waals surface area (Å²) in [6.45, 7) is 1.83. The molecule has 0 aliphatic heterocycles. The van der Waals surface area contributed by atoms with Gasteiger partial charge in [0.15, 0.2) is 0 Å². The van der Waals surface area contributed by atoms with Crippen LogP contribution in [-0.2, 0) is 24.2 Å². The minimum Gasteiger partial charge on any atom is -0.323 e. The molecule has 2 heterocycles. The summed E-state index contributed by atoms with van der Waals surface area (Å²) in [5.41, 5.74) is 3.99. The molecule has 1 N–H and O–H groups in total. The summed E-state index contributed by atoms with van der Waals surface area (Å²) in [6, 6.07) is 5.66. The second-order valence-electron chi connectivity index (χ2n) is 6.55. The minimum atomic E-state index is -0.304. The maximum atomic E-state index is 12.8. The Morgan fingerprint density at radius 3 is 2.92 bits per heavy atom. The smallest absolute Gasteiger partial charge is 0.293 e. The van der Waals surface area contributed by atoms with Gasteiger partial charge in [-0.3, -0.25) is 9.59 Å². The Morgan fingerprint density at radius 2 is 2.12 bits per heavy atom.